The summed E-state index contributed by atoms with van der Waals surface area (Å²) in [6, 6.07) is -0.301. The van der Waals surface area contributed by atoms with E-state index in [1.165, 1.54) is 0 Å². The maximum atomic E-state index is 10.3. The minimum absolute atomic E-state index is 0. The van der Waals surface area contributed by atoms with Gasteiger partial charge < -0.3 is 10.4 Å². The summed E-state index contributed by atoms with van der Waals surface area (Å²) in [5, 5.41) is 11.3. The maximum absolute atomic E-state index is 10.3. The lowest BCUT2D eigenvalue weighted by Gasteiger charge is -2.07. The van der Waals surface area contributed by atoms with Crippen LogP contribution in [0.25, 0.3) is 0 Å². The number of carbonyl (C=O) groups is 1. The molecule has 2 N–H and O–H groups in total. The van der Waals surface area contributed by atoms with Crippen LogP contribution in [0.1, 0.15) is 12.8 Å². The summed E-state index contributed by atoms with van der Waals surface area (Å²) in [5.74, 6) is -0.326. The first-order valence-electron chi connectivity index (χ1n) is 3.15. The van der Waals surface area contributed by atoms with E-state index in [9.17, 15) is 4.79 Å². The van der Waals surface area contributed by atoms with E-state index >= 15 is 0 Å². The molecule has 0 heterocycles. The van der Waals surface area contributed by atoms with E-state index in [1.807, 2.05) is 0 Å². The van der Waals surface area contributed by atoms with Crippen LogP contribution in [0.4, 0.5) is 0 Å². The molecule has 0 aromatic rings. The average molecular weight is 166 g/mol. The monoisotopic (exact) mass is 165 g/mol. The highest BCUT2D eigenvalue weighted by molar-refractivity contribution is 5.85. The largest absolute Gasteiger partial charge is 0.480 e. The molecule has 0 saturated heterocycles. The van der Waals surface area contributed by atoms with Crippen molar-refractivity contribution in [3.63, 3.8) is 0 Å². The predicted octanol–water partition coefficient (Wildman–Crippen LogP) is 0.491. The van der Waals surface area contributed by atoms with Crippen LogP contribution in [0.2, 0.25) is 0 Å². The zero-order valence-electron chi connectivity index (χ0n) is 5.83. The third-order valence-corrected chi connectivity index (χ3v) is 1.67. The summed E-state index contributed by atoms with van der Waals surface area (Å²) in [6.45, 7) is 0. The fourth-order valence-electron chi connectivity index (χ4n) is 0.990. The molecule has 0 spiro atoms. The van der Waals surface area contributed by atoms with Gasteiger partial charge in [0.2, 0.25) is 0 Å². The van der Waals surface area contributed by atoms with Crippen LogP contribution in [-0.2, 0) is 4.79 Å². The van der Waals surface area contributed by atoms with Crippen molar-refractivity contribution in [1.82, 2.24) is 5.32 Å². The Morgan fingerprint density at radius 3 is 2.30 bits per heavy atom. The molecule has 1 atom stereocenters. The first-order valence-corrected chi connectivity index (χ1v) is 3.15. The summed E-state index contributed by atoms with van der Waals surface area (Å²) < 4.78 is 0. The molecule has 3 nitrogen and oxygen atoms in total. The first-order chi connectivity index (χ1) is 4.25. The topological polar surface area (TPSA) is 49.3 Å². The van der Waals surface area contributed by atoms with E-state index in [0.717, 1.165) is 12.8 Å². The van der Waals surface area contributed by atoms with Gasteiger partial charge in [0.15, 0.2) is 0 Å². The van der Waals surface area contributed by atoms with Crippen molar-refractivity contribution >= 4 is 18.4 Å². The smallest absolute Gasteiger partial charge is 0.320 e. The van der Waals surface area contributed by atoms with E-state index in [1.54, 1.807) is 7.05 Å². The Kier molecular flexibility index (Phi) is 3.68. The average Bonchev–Trinajstić information content (AvgIpc) is 2.50. The van der Waals surface area contributed by atoms with Crippen LogP contribution in [0.5, 0.6) is 0 Å². The van der Waals surface area contributed by atoms with Crippen molar-refractivity contribution in [2.45, 2.75) is 18.9 Å². The molecule has 0 amide bonds. The van der Waals surface area contributed by atoms with Gasteiger partial charge in [-0.3, -0.25) is 4.79 Å². The lowest BCUT2D eigenvalue weighted by molar-refractivity contribution is -0.139. The van der Waals surface area contributed by atoms with Crippen LogP contribution in [0.3, 0.4) is 0 Å². The van der Waals surface area contributed by atoms with Gasteiger partial charge in [-0.05, 0) is 25.8 Å². The van der Waals surface area contributed by atoms with Crippen molar-refractivity contribution < 1.29 is 9.90 Å². The molecule has 0 aliphatic heterocycles. The first kappa shape index (κ1) is 9.72. The second-order valence-corrected chi connectivity index (χ2v) is 2.44. The molecule has 4 heteroatoms. The minimum atomic E-state index is -0.722. The number of halogens is 1. The molecule has 1 rings (SSSR count). The Hall–Kier alpha value is -0.280. The molecule has 10 heavy (non-hydrogen) atoms. The fraction of sp³-hybridized carbons (Fsp3) is 0.833. The summed E-state index contributed by atoms with van der Waals surface area (Å²) >= 11 is 0. The van der Waals surface area contributed by atoms with Gasteiger partial charge in [0.05, 0.1) is 0 Å². The van der Waals surface area contributed by atoms with Crippen LogP contribution < -0.4 is 5.32 Å². The molecule has 0 aromatic carbocycles. The summed E-state index contributed by atoms with van der Waals surface area (Å²) in [4.78, 5) is 10.3. The molecule has 1 aliphatic rings. The van der Waals surface area contributed by atoms with Gasteiger partial charge in [-0.15, -0.1) is 12.4 Å². The van der Waals surface area contributed by atoms with Crippen LogP contribution >= 0.6 is 12.4 Å². The Bertz CT molecular complexity index is 125. The number of likely N-dealkylation sites (N-methyl/N-ethyl adjacent to an activating group) is 1. The van der Waals surface area contributed by atoms with Gasteiger partial charge in [0, 0.05) is 0 Å². The normalized spacial score (nSPS) is 19.3. The highest BCUT2D eigenvalue weighted by Crippen LogP contribution is 2.32. The second-order valence-electron chi connectivity index (χ2n) is 2.44. The summed E-state index contributed by atoms with van der Waals surface area (Å²) in [7, 11) is 1.69. The second kappa shape index (κ2) is 3.78. The SMILES string of the molecule is CNC(C(=O)O)C1CC1.Cl. The van der Waals surface area contributed by atoms with E-state index in [2.05, 4.69) is 5.32 Å². The van der Waals surface area contributed by atoms with Crippen molar-refractivity contribution in [1.29, 1.82) is 0 Å². The van der Waals surface area contributed by atoms with Crippen molar-refractivity contribution in [3.8, 4) is 0 Å². The molecular formula is C6H12ClNO2. The number of aliphatic carboxylic acids is 1. The molecule has 1 fully saturated rings. The maximum Gasteiger partial charge on any atom is 0.320 e. The Balaban J connectivity index is 0.000000810. The van der Waals surface area contributed by atoms with Gasteiger partial charge in [-0.1, -0.05) is 0 Å². The van der Waals surface area contributed by atoms with Gasteiger partial charge >= 0.3 is 5.97 Å². The number of hydrogen-bond acceptors (Lipinski definition) is 2. The third-order valence-electron chi connectivity index (χ3n) is 1.67. The van der Waals surface area contributed by atoms with Gasteiger partial charge in [-0.2, -0.15) is 0 Å². The Labute approximate surface area is 66.2 Å². The fourth-order valence-corrected chi connectivity index (χ4v) is 0.990. The van der Waals surface area contributed by atoms with E-state index in [-0.39, 0.29) is 18.4 Å². The van der Waals surface area contributed by atoms with Crippen LogP contribution in [0.15, 0.2) is 0 Å². The quantitative estimate of drug-likeness (QED) is 0.640. The lowest BCUT2D eigenvalue weighted by Crippen LogP contribution is -2.35. The highest BCUT2D eigenvalue weighted by atomic mass is 35.5. The van der Waals surface area contributed by atoms with Gasteiger partial charge in [-0.25, -0.2) is 0 Å². The van der Waals surface area contributed by atoms with Gasteiger partial charge in [0.25, 0.3) is 0 Å². The zero-order chi connectivity index (χ0) is 6.85. The molecular weight excluding hydrogens is 154 g/mol. The van der Waals surface area contributed by atoms with Crippen LogP contribution in [0, 0.1) is 5.92 Å². The third kappa shape index (κ3) is 2.15. The predicted molar refractivity (Wildman–Crippen MR) is 40.5 cm³/mol. The van der Waals surface area contributed by atoms with Crippen molar-refractivity contribution in [3.05, 3.63) is 0 Å². The molecule has 1 unspecified atom stereocenters. The number of carboxylic acids is 1. The van der Waals surface area contributed by atoms with E-state index < -0.39 is 5.97 Å². The highest BCUT2D eigenvalue weighted by Gasteiger charge is 2.34. The zero-order valence-corrected chi connectivity index (χ0v) is 6.65. The Morgan fingerprint density at radius 1 is 1.70 bits per heavy atom. The summed E-state index contributed by atoms with van der Waals surface area (Å²) in [5.41, 5.74) is 0. The molecule has 0 bridgehead atoms. The standard InChI is InChI=1S/C6H11NO2.ClH/c1-7-5(6(8)9)4-2-3-4;/h4-5,7H,2-3H2,1H3,(H,8,9);1H. The number of rotatable bonds is 3. The Morgan fingerprint density at radius 2 is 2.20 bits per heavy atom. The molecule has 60 valence electrons. The van der Waals surface area contributed by atoms with Gasteiger partial charge in [0.1, 0.15) is 6.04 Å². The van der Waals surface area contributed by atoms with Crippen molar-refractivity contribution in [2.75, 3.05) is 7.05 Å². The molecule has 1 aliphatic carbocycles. The lowest BCUT2D eigenvalue weighted by atomic mass is 10.2. The van der Waals surface area contributed by atoms with Crippen molar-refractivity contribution in [2.24, 2.45) is 5.92 Å². The molecule has 0 radical (unpaired) electrons. The molecule has 1 saturated carbocycles. The van der Waals surface area contributed by atoms with Crippen LogP contribution in [-0.4, -0.2) is 24.2 Å². The van der Waals surface area contributed by atoms with E-state index in [0.29, 0.717) is 5.92 Å². The summed E-state index contributed by atoms with van der Waals surface area (Å²) in [6.07, 6.45) is 2.13. The number of hydrogen-bond donors (Lipinski definition) is 2. The van der Waals surface area contributed by atoms with E-state index in [4.69, 9.17) is 5.11 Å². The number of carboxylic acid groups (broad SMARTS) is 1. The minimum Gasteiger partial charge on any atom is -0.480 e. The molecule has 0 aromatic heterocycles. The number of nitrogens with one attached hydrogen (secondary N) is 1.